The molecular weight excluding hydrogens is 98.1 g/mol. The lowest BCUT2D eigenvalue weighted by atomic mass is 9.99. The maximum atomic E-state index is 3.40. The number of rotatable bonds is 0. The molecule has 0 aromatic heterocycles. The van der Waals surface area contributed by atoms with Gasteiger partial charge in [-0.15, -0.1) is 0 Å². The summed E-state index contributed by atoms with van der Waals surface area (Å²) in [5.74, 6) is 1.04. The van der Waals surface area contributed by atoms with E-state index >= 15 is 0 Å². The second-order valence-electron chi connectivity index (χ2n) is 3.51. The minimum atomic E-state index is 0.783. The van der Waals surface area contributed by atoms with Crippen molar-refractivity contribution < 1.29 is 0 Å². The molecule has 0 spiro atoms. The van der Waals surface area contributed by atoms with Crippen molar-refractivity contribution in [1.29, 1.82) is 0 Å². The normalized spacial score (nSPS) is 52.9. The maximum absolute atomic E-state index is 3.40. The molecule has 0 bridgehead atoms. The van der Waals surface area contributed by atoms with Gasteiger partial charge in [-0.3, -0.25) is 0 Å². The number of piperidine rings is 1. The standard InChI is InChI=1S/C7H13N/c1-7-2-3-8-5-6(7)4-7/h6,8H,2-5H2,1H3/t6?,7-/m1/s1. The summed E-state index contributed by atoms with van der Waals surface area (Å²) in [5.41, 5.74) is 0.783. The van der Waals surface area contributed by atoms with Gasteiger partial charge in [-0.1, -0.05) is 6.92 Å². The van der Waals surface area contributed by atoms with Gasteiger partial charge in [0.05, 0.1) is 0 Å². The second kappa shape index (κ2) is 1.27. The number of hydrogen-bond donors (Lipinski definition) is 1. The van der Waals surface area contributed by atoms with Crippen LogP contribution < -0.4 is 5.32 Å². The molecule has 0 aromatic carbocycles. The minimum absolute atomic E-state index is 0.783. The first-order valence-corrected chi connectivity index (χ1v) is 3.52. The van der Waals surface area contributed by atoms with Crippen LogP contribution in [0.5, 0.6) is 0 Å². The van der Waals surface area contributed by atoms with Crippen LogP contribution >= 0.6 is 0 Å². The molecule has 1 heterocycles. The molecule has 1 saturated heterocycles. The van der Waals surface area contributed by atoms with Gasteiger partial charge >= 0.3 is 0 Å². The van der Waals surface area contributed by atoms with Crippen molar-refractivity contribution in [3.63, 3.8) is 0 Å². The van der Waals surface area contributed by atoms with Crippen molar-refractivity contribution >= 4 is 0 Å². The fraction of sp³-hybridized carbons (Fsp3) is 1.00. The van der Waals surface area contributed by atoms with Crippen LogP contribution in [-0.2, 0) is 0 Å². The van der Waals surface area contributed by atoms with E-state index in [0.717, 1.165) is 11.3 Å². The summed E-state index contributed by atoms with van der Waals surface area (Å²) in [7, 11) is 0. The van der Waals surface area contributed by atoms with Crippen LogP contribution in [0.25, 0.3) is 0 Å². The SMILES string of the molecule is C[C@]12CCNCC1C2. The molecule has 2 aliphatic rings. The van der Waals surface area contributed by atoms with Crippen molar-refractivity contribution in [2.75, 3.05) is 13.1 Å². The van der Waals surface area contributed by atoms with E-state index in [9.17, 15) is 0 Å². The van der Waals surface area contributed by atoms with Gasteiger partial charge < -0.3 is 5.32 Å². The largest absolute Gasteiger partial charge is 0.316 e. The van der Waals surface area contributed by atoms with Gasteiger partial charge in [-0.05, 0) is 37.3 Å². The molecule has 46 valence electrons. The van der Waals surface area contributed by atoms with E-state index in [0.29, 0.717) is 0 Å². The molecule has 1 aliphatic carbocycles. The van der Waals surface area contributed by atoms with Crippen LogP contribution in [-0.4, -0.2) is 13.1 Å². The Kier molecular flexibility index (Phi) is 0.762. The highest BCUT2D eigenvalue weighted by Gasteiger charge is 2.50. The van der Waals surface area contributed by atoms with Crippen LogP contribution in [0, 0.1) is 11.3 Å². The van der Waals surface area contributed by atoms with Crippen molar-refractivity contribution in [2.24, 2.45) is 11.3 Å². The molecule has 0 amide bonds. The summed E-state index contributed by atoms with van der Waals surface area (Å²) in [6.07, 6.45) is 2.90. The number of hydrogen-bond acceptors (Lipinski definition) is 1. The van der Waals surface area contributed by atoms with Crippen molar-refractivity contribution in [1.82, 2.24) is 5.32 Å². The Labute approximate surface area is 50.5 Å². The average molecular weight is 111 g/mol. The highest BCUT2D eigenvalue weighted by molar-refractivity contribution is 5.02. The molecule has 1 nitrogen and oxygen atoms in total. The monoisotopic (exact) mass is 111 g/mol. The highest BCUT2D eigenvalue weighted by Crippen LogP contribution is 2.55. The Balaban J connectivity index is 2.04. The van der Waals surface area contributed by atoms with Gasteiger partial charge in [-0.25, -0.2) is 0 Å². The van der Waals surface area contributed by atoms with Crippen LogP contribution in [0.15, 0.2) is 0 Å². The maximum Gasteiger partial charge on any atom is -0.00151 e. The lowest BCUT2D eigenvalue weighted by molar-refractivity contribution is 0.382. The van der Waals surface area contributed by atoms with Gasteiger partial charge in [0.15, 0.2) is 0 Å². The predicted molar refractivity (Wildman–Crippen MR) is 33.7 cm³/mol. The first-order valence-electron chi connectivity index (χ1n) is 3.52. The molecule has 8 heavy (non-hydrogen) atoms. The van der Waals surface area contributed by atoms with Gasteiger partial charge in [0.2, 0.25) is 0 Å². The molecule has 2 rings (SSSR count). The van der Waals surface area contributed by atoms with Crippen LogP contribution in [0.2, 0.25) is 0 Å². The Morgan fingerprint density at radius 1 is 1.62 bits per heavy atom. The van der Waals surface area contributed by atoms with Crippen LogP contribution in [0.4, 0.5) is 0 Å². The third kappa shape index (κ3) is 0.510. The van der Waals surface area contributed by atoms with E-state index in [4.69, 9.17) is 0 Å². The zero-order valence-electron chi connectivity index (χ0n) is 5.41. The molecule has 1 N–H and O–H groups in total. The summed E-state index contributed by atoms with van der Waals surface area (Å²) in [6, 6.07) is 0. The molecule has 2 atom stereocenters. The molecule has 1 unspecified atom stereocenters. The predicted octanol–water partition coefficient (Wildman–Crippen LogP) is 1.01. The van der Waals surface area contributed by atoms with E-state index < -0.39 is 0 Å². The smallest absolute Gasteiger partial charge is 0.00151 e. The Morgan fingerprint density at radius 3 is 3.00 bits per heavy atom. The van der Waals surface area contributed by atoms with Gasteiger partial charge in [0, 0.05) is 0 Å². The van der Waals surface area contributed by atoms with Crippen molar-refractivity contribution in [3.8, 4) is 0 Å². The van der Waals surface area contributed by atoms with Gasteiger partial charge in [-0.2, -0.15) is 0 Å². The zero-order valence-corrected chi connectivity index (χ0v) is 5.41. The third-order valence-electron chi connectivity index (χ3n) is 2.80. The summed E-state index contributed by atoms with van der Waals surface area (Å²) in [5, 5.41) is 3.40. The molecule has 0 aromatic rings. The fourth-order valence-electron chi connectivity index (χ4n) is 1.78. The van der Waals surface area contributed by atoms with E-state index in [2.05, 4.69) is 12.2 Å². The molecule has 1 heteroatoms. The van der Waals surface area contributed by atoms with Crippen LogP contribution in [0.3, 0.4) is 0 Å². The van der Waals surface area contributed by atoms with Gasteiger partial charge in [0.25, 0.3) is 0 Å². The summed E-state index contributed by atoms with van der Waals surface area (Å²) in [4.78, 5) is 0. The quantitative estimate of drug-likeness (QED) is 0.492. The molecule has 1 saturated carbocycles. The van der Waals surface area contributed by atoms with Gasteiger partial charge in [0.1, 0.15) is 0 Å². The first kappa shape index (κ1) is 4.80. The Bertz CT molecular complexity index is 109. The van der Waals surface area contributed by atoms with E-state index in [1.54, 1.807) is 0 Å². The van der Waals surface area contributed by atoms with E-state index in [1.807, 2.05) is 0 Å². The van der Waals surface area contributed by atoms with Crippen molar-refractivity contribution in [3.05, 3.63) is 0 Å². The summed E-state index contributed by atoms with van der Waals surface area (Å²) < 4.78 is 0. The van der Waals surface area contributed by atoms with E-state index in [-0.39, 0.29) is 0 Å². The Hall–Kier alpha value is -0.0400. The summed E-state index contributed by atoms with van der Waals surface area (Å²) in [6.45, 7) is 4.96. The van der Waals surface area contributed by atoms with Crippen LogP contribution in [0.1, 0.15) is 19.8 Å². The number of fused-ring (bicyclic) bond motifs is 1. The topological polar surface area (TPSA) is 12.0 Å². The molecule has 1 aliphatic heterocycles. The first-order chi connectivity index (χ1) is 3.81. The summed E-state index contributed by atoms with van der Waals surface area (Å²) >= 11 is 0. The highest BCUT2D eigenvalue weighted by atomic mass is 14.9. The molecule has 0 radical (unpaired) electrons. The molecule has 2 fully saturated rings. The lowest BCUT2D eigenvalue weighted by Gasteiger charge is -2.17. The number of nitrogens with one attached hydrogen (secondary N) is 1. The van der Waals surface area contributed by atoms with Crippen molar-refractivity contribution in [2.45, 2.75) is 19.8 Å². The third-order valence-corrected chi connectivity index (χ3v) is 2.80. The minimum Gasteiger partial charge on any atom is -0.316 e. The zero-order chi connectivity index (χ0) is 5.61. The average Bonchev–Trinajstić information content (AvgIpc) is 2.39. The lowest BCUT2D eigenvalue weighted by Crippen LogP contribution is -2.27. The Morgan fingerprint density at radius 2 is 2.50 bits per heavy atom. The van der Waals surface area contributed by atoms with E-state index in [1.165, 1.54) is 25.9 Å². The fourth-order valence-corrected chi connectivity index (χ4v) is 1.78. The second-order valence-corrected chi connectivity index (χ2v) is 3.51. The molecular formula is C7H13N.